The molecule has 2 atom stereocenters. The Hall–Kier alpha value is -1.99. The number of anilines is 1. The maximum Gasteiger partial charge on any atom is 0.310 e. The molecular formula is C16H21ClN2O5. The first-order valence-corrected chi connectivity index (χ1v) is 7.51. The third-order valence-corrected chi connectivity index (χ3v) is 4.26. The number of hydrogen-bond donors (Lipinski definition) is 1. The molecule has 1 N–H and O–H groups in total. The van der Waals surface area contributed by atoms with Crippen molar-refractivity contribution in [1.29, 1.82) is 0 Å². The summed E-state index contributed by atoms with van der Waals surface area (Å²) in [5.41, 5.74) is 0.616. The number of fused-ring (bicyclic) bond motifs is 1. The first kappa shape index (κ1) is 18.4. The predicted octanol–water partition coefficient (Wildman–Crippen LogP) is 1.17. The van der Waals surface area contributed by atoms with Crippen molar-refractivity contribution < 1.29 is 23.8 Å². The van der Waals surface area contributed by atoms with E-state index in [4.69, 9.17) is 14.2 Å². The van der Waals surface area contributed by atoms with Gasteiger partial charge in [-0.3, -0.25) is 14.5 Å². The molecular weight excluding hydrogens is 336 g/mol. The summed E-state index contributed by atoms with van der Waals surface area (Å²) >= 11 is 0. The van der Waals surface area contributed by atoms with Crippen molar-refractivity contribution in [3.05, 3.63) is 18.2 Å². The van der Waals surface area contributed by atoms with Crippen LogP contribution in [0.4, 0.5) is 5.69 Å². The van der Waals surface area contributed by atoms with E-state index in [1.165, 1.54) is 0 Å². The molecule has 0 unspecified atom stereocenters. The molecule has 0 aliphatic carbocycles. The second kappa shape index (κ2) is 7.72. The first-order chi connectivity index (χ1) is 11.1. The van der Waals surface area contributed by atoms with Crippen LogP contribution in [0.1, 0.15) is 0 Å². The summed E-state index contributed by atoms with van der Waals surface area (Å²) in [6.45, 7) is 2.01. The summed E-state index contributed by atoms with van der Waals surface area (Å²) in [6, 6.07) is 5.20. The number of ether oxygens (including phenoxy) is 3. The lowest BCUT2D eigenvalue weighted by Crippen LogP contribution is -2.33. The van der Waals surface area contributed by atoms with Crippen molar-refractivity contribution in [1.82, 2.24) is 4.90 Å². The van der Waals surface area contributed by atoms with Gasteiger partial charge in [0.1, 0.15) is 11.5 Å². The average molecular weight is 357 g/mol. The molecule has 0 bridgehead atoms. The minimum absolute atomic E-state index is 0. The highest BCUT2D eigenvalue weighted by molar-refractivity contribution is 5.92. The van der Waals surface area contributed by atoms with Crippen molar-refractivity contribution >= 4 is 30.0 Å². The fourth-order valence-corrected chi connectivity index (χ4v) is 3.11. The van der Waals surface area contributed by atoms with Gasteiger partial charge in [0.05, 0.1) is 33.3 Å². The standard InChI is InChI=1S/C16H20N2O5.ClH/c1-21-12-3-11(4-13(5-12)22-2)17-15(19)8-18-6-10-9-23-16(20)14(10)7-18;/h3-5,10,14H,6-9H2,1-2H3,(H,17,19);1H/t10-,14-;/m1./s1. The number of nitrogens with zero attached hydrogens (tertiary/aromatic N) is 1. The fourth-order valence-electron chi connectivity index (χ4n) is 3.11. The van der Waals surface area contributed by atoms with Crippen LogP contribution >= 0.6 is 12.4 Å². The summed E-state index contributed by atoms with van der Waals surface area (Å²) in [6.07, 6.45) is 0. The summed E-state index contributed by atoms with van der Waals surface area (Å²) in [7, 11) is 3.12. The maximum atomic E-state index is 12.2. The van der Waals surface area contributed by atoms with Gasteiger partial charge in [-0.1, -0.05) is 0 Å². The summed E-state index contributed by atoms with van der Waals surface area (Å²) in [5, 5.41) is 2.84. The Morgan fingerprint density at radius 1 is 1.25 bits per heavy atom. The van der Waals surface area contributed by atoms with E-state index >= 15 is 0 Å². The van der Waals surface area contributed by atoms with Crippen LogP contribution in [0, 0.1) is 11.8 Å². The van der Waals surface area contributed by atoms with Gasteiger partial charge in [0.15, 0.2) is 0 Å². The molecule has 2 aliphatic rings. The summed E-state index contributed by atoms with van der Waals surface area (Å²) in [5.74, 6) is 1.08. The second-order valence-corrected chi connectivity index (χ2v) is 5.84. The van der Waals surface area contributed by atoms with Gasteiger partial charge in [-0.05, 0) is 0 Å². The molecule has 7 nitrogen and oxygen atoms in total. The number of carbonyl (C=O) groups excluding carboxylic acids is 2. The van der Waals surface area contributed by atoms with E-state index in [1.54, 1.807) is 32.4 Å². The van der Waals surface area contributed by atoms with Crippen LogP contribution in [0.3, 0.4) is 0 Å². The molecule has 8 heteroatoms. The zero-order chi connectivity index (χ0) is 16.4. The van der Waals surface area contributed by atoms with Gasteiger partial charge in [0.25, 0.3) is 0 Å². The molecule has 3 rings (SSSR count). The largest absolute Gasteiger partial charge is 0.497 e. The van der Waals surface area contributed by atoms with E-state index in [1.807, 2.05) is 4.90 Å². The Balaban J connectivity index is 0.00000208. The van der Waals surface area contributed by atoms with Gasteiger partial charge in [-0.25, -0.2) is 0 Å². The molecule has 24 heavy (non-hydrogen) atoms. The number of esters is 1. The number of rotatable bonds is 5. The van der Waals surface area contributed by atoms with Crippen molar-refractivity contribution in [2.75, 3.05) is 45.8 Å². The topological polar surface area (TPSA) is 77.1 Å². The zero-order valence-corrected chi connectivity index (χ0v) is 14.4. The smallest absolute Gasteiger partial charge is 0.310 e. The third-order valence-electron chi connectivity index (χ3n) is 4.26. The minimum Gasteiger partial charge on any atom is -0.497 e. The monoisotopic (exact) mass is 356 g/mol. The van der Waals surface area contributed by atoms with Crippen LogP contribution in [-0.2, 0) is 14.3 Å². The molecule has 1 aromatic carbocycles. The van der Waals surface area contributed by atoms with Gasteiger partial charge >= 0.3 is 5.97 Å². The van der Waals surface area contributed by atoms with Gasteiger partial charge in [-0.2, -0.15) is 0 Å². The number of amides is 1. The Labute approximate surface area is 146 Å². The van der Waals surface area contributed by atoms with Crippen LogP contribution in [-0.4, -0.2) is 57.2 Å². The molecule has 0 aromatic heterocycles. The molecule has 0 radical (unpaired) electrons. The van der Waals surface area contributed by atoms with E-state index in [-0.39, 0.29) is 42.7 Å². The molecule has 1 amide bonds. The molecule has 2 saturated heterocycles. The van der Waals surface area contributed by atoms with E-state index < -0.39 is 0 Å². The lowest BCUT2D eigenvalue weighted by molar-refractivity contribution is -0.141. The highest BCUT2D eigenvalue weighted by atomic mass is 35.5. The molecule has 0 saturated carbocycles. The van der Waals surface area contributed by atoms with Crippen molar-refractivity contribution in [3.63, 3.8) is 0 Å². The Bertz CT molecular complexity index is 602. The van der Waals surface area contributed by atoms with E-state index in [0.717, 1.165) is 0 Å². The first-order valence-electron chi connectivity index (χ1n) is 7.51. The van der Waals surface area contributed by atoms with E-state index in [0.29, 0.717) is 36.9 Å². The zero-order valence-electron chi connectivity index (χ0n) is 13.6. The minimum atomic E-state index is -0.143. The highest BCUT2D eigenvalue weighted by Crippen LogP contribution is 2.30. The van der Waals surface area contributed by atoms with Crippen LogP contribution in [0.5, 0.6) is 11.5 Å². The Morgan fingerprint density at radius 3 is 2.50 bits per heavy atom. The fraction of sp³-hybridized carbons (Fsp3) is 0.500. The predicted molar refractivity (Wildman–Crippen MR) is 89.8 cm³/mol. The van der Waals surface area contributed by atoms with E-state index in [9.17, 15) is 9.59 Å². The number of nitrogens with one attached hydrogen (secondary N) is 1. The summed E-state index contributed by atoms with van der Waals surface area (Å²) < 4.78 is 15.4. The van der Waals surface area contributed by atoms with Crippen LogP contribution in [0.2, 0.25) is 0 Å². The number of carbonyl (C=O) groups is 2. The van der Waals surface area contributed by atoms with Gasteiger partial charge in [0.2, 0.25) is 5.91 Å². The van der Waals surface area contributed by atoms with Crippen LogP contribution in [0.25, 0.3) is 0 Å². The van der Waals surface area contributed by atoms with Crippen molar-refractivity contribution in [2.24, 2.45) is 11.8 Å². The molecule has 2 heterocycles. The van der Waals surface area contributed by atoms with Crippen molar-refractivity contribution in [2.45, 2.75) is 0 Å². The quantitative estimate of drug-likeness (QED) is 0.798. The van der Waals surface area contributed by atoms with Gasteiger partial charge in [-0.15, -0.1) is 12.4 Å². The summed E-state index contributed by atoms with van der Waals surface area (Å²) in [4.78, 5) is 25.7. The Kier molecular flexibility index (Phi) is 5.90. The lowest BCUT2D eigenvalue weighted by atomic mass is 10.0. The number of cyclic esters (lactones) is 1. The number of benzene rings is 1. The molecule has 2 aliphatic heterocycles. The SMILES string of the molecule is COc1cc(NC(=O)CN2C[C@@H]3COC(=O)[C@@H]3C2)cc(OC)c1.Cl. The van der Waals surface area contributed by atoms with Gasteiger partial charge < -0.3 is 19.5 Å². The molecule has 132 valence electrons. The third kappa shape index (κ3) is 3.91. The molecule has 2 fully saturated rings. The molecule has 1 aromatic rings. The van der Waals surface area contributed by atoms with Gasteiger partial charge in [0, 0.05) is 42.9 Å². The molecule has 0 spiro atoms. The second-order valence-electron chi connectivity index (χ2n) is 5.84. The van der Waals surface area contributed by atoms with Crippen LogP contribution in [0.15, 0.2) is 18.2 Å². The normalized spacial score (nSPS) is 22.3. The van der Waals surface area contributed by atoms with E-state index in [2.05, 4.69) is 5.32 Å². The number of halogens is 1. The van der Waals surface area contributed by atoms with Crippen molar-refractivity contribution in [3.8, 4) is 11.5 Å². The number of methoxy groups -OCH3 is 2. The average Bonchev–Trinajstić information content (AvgIpc) is 3.08. The maximum absolute atomic E-state index is 12.2. The Morgan fingerprint density at radius 2 is 1.92 bits per heavy atom. The lowest BCUT2D eigenvalue weighted by Gasteiger charge is -2.16. The number of hydrogen-bond acceptors (Lipinski definition) is 6. The number of likely N-dealkylation sites (tertiary alicyclic amines) is 1. The van der Waals surface area contributed by atoms with Crippen LogP contribution < -0.4 is 14.8 Å². The highest BCUT2D eigenvalue weighted by Gasteiger charge is 2.44.